The van der Waals surface area contributed by atoms with E-state index in [9.17, 15) is 9.59 Å². The highest BCUT2D eigenvalue weighted by molar-refractivity contribution is 6.17. The standard InChI is InChI=1S/C28H38N2O2/c1-19(2)12-13-27(15-20(3)4)26(32)24(18-29-27)28(16-21(5)6)25(31)23(17-30-28)14-22-10-8-7-9-11-22/h7-12,17-18,20-21,29-30H,13-16H2,1-6H3/t27-,28+/m1/s1. The van der Waals surface area contributed by atoms with E-state index in [-0.39, 0.29) is 17.5 Å². The number of nitrogens with one attached hydrogen (secondary N) is 2. The van der Waals surface area contributed by atoms with Gasteiger partial charge in [-0.1, -0.05) is 69.7 Å². The minimum atomic E-state index is -0.994. The third kappa shape index (κ3) is 4.74. The van der Waals surface area contributed by atoms with E-state index in [1.54, 1.807) is 0 Å². The van der Waals surface area contributed by atoms with E-state index >= 15 is 0 Å². The van der Waals surface area contributed by atoms with Crippen LogP contribution in [-0.4, -0.2) is 22.6 Å². The molecule has 2 atom stereocenters. The van der Waals surface area contributed by atoms with Crippen LogP contribution in [0.1, 0.15) is 66.4 Å². The highest BCUT2D eigenvalue weighted by Crippen LogP contribution is 2.41. The number of Topliss-reactive ketones (excluding diaryl/α,β-unsaturated/α-hetero) is 2. The quantitative estimate of drug-likeness (QED) is 0.520. The maximum atomic E-state index is 14.0. The summed E-state index contributed by atoms with van der Waals surface area (Å²) in [4.78, 5) is 27.8. The Bertz CT molecular complexity index is 951. The molecule has 0 aliphatic carbocycles. The summed E-state index contributed by atoms with van der Waals surface area (Å²) in [6.45, 7) is 12.6. The first-order chi connectivity index (χ1) is 15.1. The summed E-state index contributed by atoms with van der Waals surface area (Å²) in [5, 5.41) is 6.84. The van der Waals surface area contributed by atoms with Crippen LogP contribution in [0.15, 0.2) is 65.5 Å². The topological polar surface area (TPSA) is 58.2 Å². The molecule has 0 spiro atoms. The summed E-state index contributed by atoms with van der Waals surface area (Å²) in [6, 6.07) is 10.0. The van der Waals surface area contributed by atoms with Gasteiger partial charge < -0.3 is 10.6 Å². The van der Waals surface area contributed by atoms with Gasteiger partial charge in [0.15, 0.2) is 11.6 Å². The van der Waals surface area contributed by atoms with Gasteiger partial charge in [-0.2, -0.15) is 0 Å². The van der Waals surface area contributed by atoms with Gasteiger partial charge in [0.1, 0.15) is 11.1 Å². The Morgan fingerprint density at radius 1 is 0.906 bits per heavy atom. The van der Waals surface area contributed by atoms with Gasteiger partial charge in [-0.25, -0.2) is 0 Å². The number of rotatable bonds is 9. The number of benzene rings is 1. The van der Waals surface area contributed by atoms with Gasteiger partial charge in [0.2, 0.25) is 0 Å². The predicted molar refractivity (Wildman–Crippen MR) is 131 cm³/mol. The van der Waals surface area contributed by atoms with Crippen molar-refractivity contribution in [1.29, 1.82) is 0 Å². The van der Waals surface area contributed by atoms with E-state index < -0.39 is 11.1 Å². The number of hydrogen-bond donors (Lipinski definition) is 2. The molecular formula is C28H38N2O2. The van der Waals surface area contributed by atoms with Crippen LogP contribution in [0.2, 0.25) is 0 Å². The minimum absolute atomic E-state index is 0.0269. The van der Waals surface area contributed by atoms with Crippen molar-refractivity contribution in [3.63, 3.8) is 0 Å². The van der Waals surface area contributed by atoms with Gasteiger partial charge >= 0.3 is 0 Å². The van der Waals surface area contributed by atoms with Crippen LogP contribution in [0, 0.1) is 11.8 Å². The summed E-state index contributed by atoms with van der Waals surface area (Å²) < 4.78 is 0. The molecule has 0 fully saturated rings. The maximum absolute atomic E-state index is 14.0. The Morgan fingerprint density at radius 2 is 1.56 bits per heavy atom. The van der Waals surface area contributed by atoms with E-state index in [4.69, 9.17) is 0 Å². The lowest BCUT2D eigenvalue weighted by molar-refractivity contribution is -0.125. The molecule has 0 saturated carbocycles. The number of ketones is 2. The van der Waals surface area contributed by atoms with Crippen LogP contribution in [0.4, 0.5) is 0 Å². The molecule has 0 radical (unpaired) electrons. The molecule has 0 unspecified atom stereocenters. The molecule has 2 N–H and O–H groups in total. The number of allylic oxidation sites excluding steroid dienone is 1. The van der Waals surface area contributed by atoms with Crippen LogP contribution in [-0.2, 0) is 16.0 Å². The zero-order valence-corrected chi connectivity index (χ0v) is 20.4. The summed E-state index contributed by atoms with van der Waals surface area (Å²) >= 11 is 0. The molecule has 0 aromatic heterocycles. The van der Waals surface area contributed by atoms with Gasteiger partial charge in [0.25, 0.3) is 0 Å². The summed E-state index contributed by atoms with van der Waals surface area (Å²) in [5.74, 6) is 0.686. The molecule has 4 heteroatoms. The van der Waals surface area contributed by atoms with Crippen LogP contribution in [0.25, 0.3) is 0 Å². The Labute approximate surface area is 193 Å². The van der Waals surface area contributed by atoms with Gasteiger partial charge in [0.05, 0.1) is 0 Å². The van der Waals surface area contributed by atoms with E-state index in [0.717, 1.165) is 17.6 Å². The van der Waals surface area contributed by atoms with Crippen molar-refractivity contribution in [3.05, 3.63) is 71.1 Å². The second kappa shape index (κ2) is 9.48. The zero-order chi connectivity index (χ0) is 23.5. The van der Waals surface area contributed by atoms with Gasteiger partial charge in [-0.3, -0.25) is 9.59 Å². The third-order valence-electron chi connectivity index (χ3n) is 6.37. The number of carbonyl (C=O) groups excluding carboxylic acids is 2. The van der Waals surface area contributed by atoms with Gasteiger partial charge in [-0.05, 0) is 50.5 Å². The van der Waals surface area contributed by atoms with Crippen molar-refractivity contribution in [2.75, 3.05) is 0 Å². The molecule has 3 rings (SSSR count). The normalized spacial score (nSPS) is 25.0. The molecule has 2 aliphatic rings. The Hall–Kier alpha value is -2.62. The number of carbonyl (C=O) groups is 2. The zero-order valence-electron chi connectivity index (χ0n) is 20.4. The number of hydrogen-bond acceptors (Lipinski definition) is 4. The molecular weight excluding hydrogens is 396 g/mol. The molecule has 2 heterocycles. The summed E-state index contributed by atoms with van der Waals surface area (Å²) in [5.41, 5.74) is 1.92. The smallest absolute Gasteiger partial charge is 0.190 e. The largest absolute Gasteiger partial charge is 0.378 e. The van der Waals surface area contributed by atoms with Crippen molar-refractivity contribution in [2.45, 2.75) is 78.3 Å². The second-order valence-corrected chi connectivity index (χ2v) is 10.5. The van der Waals surface area contributed by atoms with Crippen molar-refractivity contribution in [3.8, 4) is 0 Å². The first-order valence-electron chi connectivity index (χ1n) is 11.8. The highest BCUT2D eigenvalue weighted by atomic mass is 16.1. The Balaban J connectivity index is 1.94. The fourth-order valence-corrected chi connectivity index (χ4v) is 5.01. The Morgan fingerprint density at radius 3 is 2.16 bits per heavy atom. The predicted octanol–water partition coefficient (Wildman–Crippen LogP) is 5.27. The maximum Gasteiger partial charge on any atom is 0.190 e. The molecule has 172 valence electrons. The first kappa shape index (κ1) is 24.0. The summed E-state index contributed by atoms with van der Waals surface area (Å²) in [6.07, 6.45) is 8.30. The van der Waals surface area contributed by atoms with Crippen LogP contribution >= 0.6 is 0 Å². The molecule has 4 nitrogen and oxygen atoms in total. The first-order valence-corrected chi connectivity index (χ1v) is 11.8. The lowest BCUT2D eigenvalue weighted by atomic mass is 9.72. The van der Waals surface area contributed by atoms with Crippen molar-refractivity contribution >= 4 is 11.6 Å². The van der Waals surface area contributed by atoms with E-state index in [1.165, 1.54) is 5.57 Å². The van der Waals surface area contributed by atoms with E-state index in [2.05, 4.69) is 58.3 Å². The molecule has 2 aliphatic heterocycles. The Kier molecular flexibility index (Phi) is 7.12. The van der Waals surface area contributed by atoms with Crippen molar-refractivity contribution in [1.82, 2.24) is 10.6 Å². The minimum Gasteiger partial charge on any atom is -0.378 e. The van der Waals surface area contributed by atoms with Crippen LogP contribution in [0.3, 0.4) is 0 Å². The third-order valence-corrected chi connectivity index (χ3v) is 6.37. The molecule has 0 amide bonds. The van der Waals surface area contributed by atoms with E-state index in [1.807, 2.05) is 42.7 Å². The average Bonchev–Trinajstić information content (AvgIpc) is 3.19. The van der Waals surface area contributed by atoms with Gasteiger partial charge in [-0.15, -0.1) is 0 Å². The summed E-state index contributed by atoms with van der Waals surface area (Å²) in [7, 11) is 0. The van der Waals surface area contributed by atoms with Crippen molar-refractivity contribution < 1.29 is 9.59 Å². The molecule has 1 aromatic rings. The van der Waals surface area contributed by atoms with Crippen LogP contribution < -0.4 is 10.6 Å². The SMILES string of the molecule is CC(C)=CC[C@]1(CC(C)C)NC=C([C@]2(CC(C)C)NC=C(Cc3ccccc3)C2=O)C1=O. The molecule has 0 saturated heterocycles. The fraction of sp³-hybridized carbons (Fsp3) is 0.500. The molecule has 32 heavy (non-hydrogen) atoms. The fourth-order valence-electron chi connectivity index (χ4n) is 5.01. The average molecular weight is 435 g/mol. The van der Waals surface area contributed by atoms with Gasteiger partial charge in [0, 0.05) is 30.0 Å². The highest BCUT2D eigenvalue weighted by Gasteiger charge is 2.55. The molecule has 1 aromatic carbocycles. The molecule has 0 bridgehead atoms. The van der Waals surface area contributed by atoms with E-state index in [0.29, 0.717) is 30.8 Å². The lowest BCUT2D eigenvalue weighted by Crippen LogP contribution is -2.54. The van der Waals surface area contributed by atoms with Crippen molar-refractivity contribution in [2.24, 2.45) is 11.8 Å². The lowest BCUT2D eigenvalue weighted by Gasteiger charge is -2.34. The second-order valence-electron chi connectivity index (χ2n) is 10.5. The van der Waals surface area contributed by atoms with Crippen LogP contribution in [0.5, 0.6) is 0 Å². The monoisotopic (exact) mass is 434 g/mol.